The first-order chi connectivity index (χ1) is 8.09. The molecule has 2 aromatic heterocycles. The highest BCUT2D eigenvalue weighted by molar-refractivity contribution is 7.07. The van der Waals surface area contributed by atoms with Crippen LogP contribution in [0.2, 0.25) is 0 Å². The predicted octanol–water partition coefficient (Wildman–Crippen LogP) is 1.55. The van der Waals surface area contributed by atoms with Crippen molar-refractivity contribution in [2.24, 2.45) is 7.05 Å². The molecule has 1 unspecified atom stereocenters. The average molecular weight is 250 g/mol. The van der Waals surface area contributed by atoms with E-state index in [2.05, 4.69) is 10.4 Å². The van der Waals surface area contributed by atoms with Gasteiger partial charge in [0.1, 0.15) is 11.4 Å². The van der Waals surface area contributed by atoms with Gasteiger partial charge in [0.15, 0.2) is 0 Å². The van der Waals surface area contributed by atoms with Gasteiger partial charge in [-0.05, 0) is 29.3 Å². The zero-order valence-electron chi connectivity index (χ0n) is 9.68. The third-order valence-corrected chi connectivity index (χ3v) is 3.32. The molecule has 0 fully saturated rings. The smallest absolute Gasteiger partial charge is 0.257 e. The Hall–Kier alpha value is -1.82. The molecular weight excluding hydrogens is 236 g/mol. The topological polar surface area (TPSA) is 72.9 Å². The quantitative estimate of drug-likeness (QED) is 0.868. The number of nitrogens with one attached hydrogen (secondary N) is 1. The molecule has 0 bridgehead atoms. The van der Waals surface area contributed by atoms with Crippen molar-refractivity contribution < 1.29 is 4.79 Å². The number of aromatic nitrogens is 2. The molecule has 1 amide bonds. The number of carbonyl (C=O) groups excluding carboxylic acids is 1. The molecule has 0 aliphatic rings. The lowest BCUT2D eigenvalue weighted by Gasteiger charge is -2.11. The number of carbonyl (C=O) groups is 1. The van der Waals surface area contributed by atoms with Gasteiger partial charge in [-0.25, -0.2) is 0 Å². The van der Waals surface area contributed by atoms with E-state index in [4.69, 9.17) is 5.73 Å². The van der Waals surface area contributed by atoms with E-state index in [1.54, 1.807) is 18.4 Å². The molecule has 2 aromatic rings. The second-order valence-corrected chi connectivity index (χ2v) is 4.60. The summed E-state index contributed by atoms with van der Waals surface area (Å²) in [6.07, 6.45) is 1.48. The fourth-order valence-corrected chi connectivity index (χ4v) is 2.26. The Bertz CT molecular complexity index is 518. The monoisotopic (exact) mass is 250 g/mol. The molecule has 0 spiro atoms. The maximum absolute atomic E-state index is 11.9. The molecule has 0 saturated carbocycles. The molecule has 2 rings (SSSR count). The molecule has 1 atom stereocenters. The summed E-state index contributed by atoms with van der Waals surface area (Å²) in [5, 5.41) is 10.8. The molecule has 0 radical (unpaired) electrons. The van der Waals surface area contributed by atoms with Crippen molar-refractivity contribution in [3.63, 3.8) is 0 Å². The van der Waals surface area contributed by atoms with Gasteiger partial charge in [-0.15, -0.1) is 0 Å². The lowest BCUT2D eigenvalue weighted by Crippen LogP contribution is -2.26. The summed E-state index contributed by atoms with van der Waals surface area (Å²) in [6, 6.07) is 1.95. The summed E-state index contributed by atoms with van der Waals surface area (Å²) in [5.41, 5.74) is 7.24. The van der Waals surface area contributed by atoms with Crippen molar-refractivity contribution in [3.05, 3.63) is 34.2 Å². The summed E-state index contributed by atoms with van der Waals surface area (Å²) < 4.78 is 1.48. The Morgan fingerprint density at radius 2 is 2.41 bits per heavy atom. The Labute approximate surface area is 103 Å². The van der Waals surface area contributed by atoms with E-state index in [-0.39, 0.29) is 11.9 Å². The number of thiophene rings is 1. The van der Waals surface area contributed by atoms with E-state index in [1.807, 2.05) is 23.8 Å². The molecule has 17 heavy (non-hydrogen) atoms. The number of aryl methyl sites for hydroxylation is 1. The molecule has 6 heteroatoms. The molecular formula is C11H14N4OS. The minimum atomic E-state index is -0.200. The van der Waals surface area contributed by atoms with E-state index >= 15 is 0 Å². The van der Waals surface area contributed by atoms with E-state index in [0.717, 1.165) is 5.56 Å². The number of hydrogen-bond acceptors (Lipinski definition) is 4. The molecule has 0 aliphatic heterocycles. The molecule has 2 heterocycles. The van der Waals surface area contributed by atoms with Crippen LogP contribution in [-0.2, 0) is 7.05 Å². The average Bonchev–Trinajstić information content (AvgIpc) is 2.90. The summed E-state index contributed by atoms with van der Waals surface area (Å²) in [5.74, 6) is 0.175. The highest BCUT2D eigenvalue weighted by Gasteiger charge is 2.16. The maximum Gasteiger partial charge on any atom is 0.257 e. The first kappa shape index (κ1) is 11.7. The van der Waals surface area contributed by atoms with Crippen LogP contribution in [-0.4, -0.2) is 15.7 Å². The normalized spacial score (nSPS) is 12.4. The van der Waals surface area contributed by atoms with Crippen LogP contribution in [0, 0.1) is 0 Å². The molecule has 90 valence electrons. The van der Waals surface area contributed by atoms with E-state index in [9.17, 15) is 4.79 Å². The molecule has 5 nitrogen and oxygen atoms in total. The SMILES string of the molecule is CC(NC(=O)c1cnn(C)c1N)c1ccsc1. The molecule has 0 aliphatic carbocycles. The van der Waals surface area contributed by atoms with Crippen LogP contribution in [0.3, 0.4) is 0 Å². The highest BCUT2D eigenvalue weighted by atomic mass is 32.1. The second kappa shape index (κ2) is 4.58. The van der Waals surface area contributed by atoms with Gasteiger partial charge >= 0.3 is 0 Å². The maximum atomic E-state index is 11.9. The minimum Gasteiger partial charge on any atom is -0.383 e. The Kier molecular flexibility index (Phi) is 3.14. The Balaban J connectivity index is 2.10. The van der Waals surface area contributed by atoms with Crippen molar-refractivity contribution in [2.75, 3.05) is 5.73 Å². The predicted molar refractivity (Wildman–Crippen MR) is 67.8 cm³/mol. The number of nitrogens with two attached hydrogens (primary N) is 1. The third kappa shape index (κ3) is 2.31. The number of hydrogen-bond donors (Lipinski definition) is 2. The van der Waals surface area contributed by atoms with Crippen LogP contribution < -0.4 is 11.1 Å². The number of anilines is 1. The van der Waals surface area contributed by atoms with E-state index in [0.29, 0.717) is 11.4 Å². The van der Waals surface area contributed by atoms with Crippen molar-refractivity contribution >= 4 is 23.1 Å². The van der Waals surface area contributed by atoms with Crippen LogP contribution in [0.25, 0.3) is 0 Å². The Morgan fingerprint density at radius 3 is 2.94 bits per heavy atom. The van der Waals surface area contributed by atoms with Crippen LogP contribution >= 0.6 is 11.3 Å². The third-order valence-electron chi connectivity index (χ3n) is 2.62. The van der Waals surface area contributed by atoms with Gasteiger partial charge in [-0.3, -0.25) is 9.48 Å². The standard InChI is InChI=1S/C11H14N4OS/c1-7(8-3-4-17-6-8)14-11(16)9-5-13-15(2)10(9)12/h3-7H,12H2,1-2H3,(H,14,16). The fraction of sp³-hybridized carbons (Fsp3) is 0.273. The minimum absolute atomic E-state index is 0.0339. The zero-order chi connectivity index (χ0) is 12.4. The van der Waals surface area contributed by atoms with Crippen LogP contribution in [0.4, 0.5) is 5.82 Å². The van der Waals surface area contributed by atoms with Gasteiger partial charge in [0.2, 0.25) is 0 Å². The molecule has 0 saturated heterocycles. The van der Waals surface area contributed by atoms with E-state index in [1.165, 1.54) is 10.9 Å². The van der Waals surface area contributed by atoms with Gasteiger partial charge in [-0.2, -0.15) is 16.4 Å². The number of nitrogen functional groups attached to an aromatic ring is 1. The van der Waals surface area contributed by atoms with Crippen molar-refractivity contribution in [2.45, 2.75) is 13.0 Å². The molecule has 3 N–H and O–H groups in total. The lowest BCUT2D eigenvalue weighted by molar-refractivity contribution is 0.0941. The van der Waals surface area contributed by atoms with Crippen molar-refractivity contribution in [1.29, 1.82) is 0 Å². The van der Waals surface area contributed by atoms with Crippen molar-refractivity contribution in [1.82, 2.24) is 15.1 Å². The van der Waals surface area contributed by atoms with Gasteiger partial charge in [0.25, 0.3) is 5.91 Å². The number of rotatable bonds is 3. The summed E-state index contributed by atoms with van der Waals surface area (Å²) in [6.45, 7) is 1.94. The number of amides is 1. The lowest BCUT2D eigenvalue weighted by atomic mass is 10.1. The van der Waals surface area contributed by atoms with Crippen LogP contribution in [0.15, 0.2) is 23.0 Å². The Morgan fingerprint density at radius 1 is 1.65 bits per heavy atom. The summed E-state index contributed by atoms with van der Waals surface area (Å²) in [4.78, 5) is 11.9. The van der Waals surface area contributed by atoms with Gasteiger partial charge in [-0.1, -0.05) is 0 Å². The van der Waals surface area contributed by atoms with Gasteiger partial charge in [0.05, 0.1) is 12.2 Å². The fourth-order valence-electron chi connectivity index (χ4n) is 1.50. The highest BCUT2D eigenvalue weighted by Crippen LogP contribution is 2.17. The summed E-state index contributed by atoms with van der Waals surface area (Å²) in [7, 11) is 1.70. The second-order valence-electron chi connectivity index (χ2n) is 3.82. The number of nitrogens with zero attached hydrogens (tertiary/aromatic N) is 2. The largest absolute Gasteiger partial charge is 0.383 e. The van der Waals surface area contributed by atoms with Gasteiger partial charge in [0, 0.05) is 7.05 Å². The summed E-state index contributed by atoms with van der Waals surface area (Å²) >= 11 is 1.61. The van der Waals surface area contributed by atoms with E-state index < -0.39 is 0 Å². The van der Waals surface area contributed by atoms with Gasteiger partial charge < -0.3 is 11.1 Å². The van der Waals surface area contributed by atoms with Crippen LogP contribution in [0.1, 0.15) is 28.9 Å². The first-order valence-electron chi connectivity index (χ1n) is 5.20. The van der Waals surface area contributed by atoms with Crippen molar-refractivity contribution in [3.8, 4) is 0 Å². The van der Waals surface area contributed by atoms with Crippen LogP contribution in [0.5, 0.6) is 0 Å². The zero-order valence-corrected chi connectivity index (χ0v) is 10.5. The molecule has 0 aromatic carbocycles. The first-order valence-corrected chi connectivity index (χ1v) is 6.14.